The molecule has 5 N–H and O–H groups in total. The lowest BCUT2D eigenvalue weighted by Crippen LogP contribution is -2.42. The molecule has 0 bridgehead atoms. The van der Waals surface area contributed by atoms with Crippen LogP contribution in [0.2, 0.25) is 10.0 Å². The Kier molecular flexibility index (Phi) is 8.61. The number of hydrogen-bond acceptors (Lipinski definition) is 6. The fourth-order valence-corrected chi connectivity index (χ4v) is 4.83. The van der Waals surface area contributed by atoms with Crippen LogP contribution in [0, 0.1) is 0 Å². The number of carbonyl (C=O) groups excluding carboxylic acids is 3. The molecule has 0 aliphatic carbocycles. The van der Waals surface area contributed by atoms with Gasteiger partial charge in [0.15, 0.2) is 11.5 Å². The summed E-state index contributed by atoms with van der Waals surface area (Å²) >= 11 is 12.6. The van der Waals surface area contributed by atoms with Crippen LogP contribution in [0.4, 0.5) is 0 Å². The number of phenolic OH excluding ortho intramolecular Hbond substituents is 1. The van der Waals surface area contributed by atoms with Gasteiger partial charge in [0, 0.05) is 29.4 Å². The van der Waals surface area contributed by atoms with E-state index in [0.717, 1.165) is 0 Å². The smallest absolute Gasteiger partial charge is 0.326 e. The van der Waals surface area contributed by atoms with Gasteiger partial charge in [-0.05, 0) is 42.0 Å². The highest BCUT2D eigenvalue weighted by Gasteiger charge is 2.29. The zero-order chi connectivity index (χ0) is 29.0. The van der Waals surface area contributed by atoms with Crippen LogP contribution in [0.3, 0.4) is 0 Å². The van der Waals surface area contributed by atoms with Gasteiger partial charge >= 0.3 is 5.97 Å². The SMILES string of the molecule is COc1c(C(=O)NC(CC(=O)c2c(Cl)cc(C(=O)NCc3cccc(O)c3)cc2Cl)C(=O)O)[nH]c2ccccc12. The van der Waals surface area contributed by atoms with Gasteiger partial charge in [-0.2, -0.15) is 0 Å². The Balaban J connectivity index is 1.48. The lowest BCUT2D eigenvalue weighted by Gasteiger charge is -2.15. The van der Waals surface area contributed by atoms with Crippen LogP contribution < -0.4 is 15.4 Å². The molecule has 206 valence electrons. The van der Waals surface area contributed by atoms with Crippen molar-refractivity contribution in [1.29, 1.82) is 0 Å². The Morgan fingerprint density at radius 3 is 2.33 bits per heavy atom. The number of aromatic nitrogens is 1. The molecule has 1 aromatic heterocycles. The van der Waals surface area contributed by atoms with Gasteiger partial charge in [0.05, 0.1) is 22.7 Å². The maximum absolute atomic E-state index is 13.1. The number of aromatic hydroxyl groups is 1. The number of fused-ring (bicyclic) bond motifs is 1. The van der Waals surface area contributed by atoms with Gasteiger partial charge in [0.25, 0.3) is 11.8 Å². The van der Waals surface area contributed by atoms with E-state index in [2.05, 4.69) is 15.6 Å². The average molecular weight is 584 g/mol. The summed E-state index contributed by atoms with van der Waals surface area (Å²) in [6, 6.07) is 14.2. The normalized spacial score (nSPS) is 11.6. The standard InChI is InChI=1S/C28H23Cl2N3O7/c1-40-25-17-7-2-3-8-20(17)32-24(25)27(37)33-21(28(38)39)12-22(35)23-18(29)10-15(11-19(23)30)26(36)31-13-14-5-4-6-16(34)9-14/h2-11,21,32,34H,12-13H2,1H3,(H,31,36)(H,33,37)(H,38,39). The number of aromatic amines is 1. The van der Waals surface area contributed by atoms with Crippen LogP contribution in [0.15, 0.2) is 60.7 Å². The Hall–Kier alpha value is -4.54. The number of phenols is 1. The molecular formula is C28H23Cl2N3O7. The minimum absolute atomic E-state index is 0.000422. The number of halogens is 2. The molecule has 0 saturated carbocycles. The molecule has 12 heteroatoms. The quantitative estimate of drug-likeness (QED) is 0.171. The van der Waals surface area contributed by atoms with Crippen LogP contribution in [-0.2, 0) is 11.3 Å². The van der Waals surface area contributed by atoms with Crippen LogP contribution >= 0.6 is 23.2 Å². The number of methoxy groups -OCH3 is 1. The summed E-state index contributed by atoms with van der Waals surface area (Å²) < 4.78 is 5.34. The highest BCUT2D eigenvalue weighted by Crippen LogP contribution is 2.31. The van der Waals surface area contributed by atoms with E-state index in [4.69, 9.17) is 27.9 Å². The van der Waals surface area contributed by atoms with E-state index in [9.17, 15) is 29.4 Å². The largest absolute Gasteiger partial charge is 0.508 e. The minimum atomic E-state index is -1.62. The Morgan fingerprint density at radius 1 is 0.975 bits per heavy atom. The molecule has 0 radical (unpaired) electrons. The summed E-state index contributed by atoms with van der Waals surface area (Å²) in [5, 5.41) is 24.6. The number of hydrogen-bond donors (Lipinski definition) is 5. The number of nitrogens with one attached hydrogen (secondary N) is 3. The number of aliphatic carboxylic acids is 1. The predicted octanol–water partition coefficient (Wildman–Crippen LogP) is 4.57. The van der Waals surface area contributed by atoms with Crippen LogP contribution in [0.25, 0.3) is 10.9 Å². The van der Waals surface area contributed by atoms with E-state index in [1.165, 1.54) is 31.4 Å². The van der Waals surface area contributed by atoms with Crippen LogP contribution in [-0.4, -0.2) is 51.9 Å². The van der Waals surface area contributed by atoms with Gasteiger partial charge in [0.2, 0.25) is 0 Å². The second-order valence-corrected chi connectivity index (χ2v) is 9.55. The van der Waals surface area contributed by atoms with Crippen LogP contribution in [0.1, 0.15) is 43.2 Å². The van der Waals surface area contributed by atoms with Gasteiger partial charge in [-0.1, -0.05) is 47.5 Å². The summed E-state index contributed by atoms with van der Waals surface area (Å²) in [5.74, 6) is -3.24. The van der Waals surface area contributed by atoms with E-state index in [0.29, 0.717) is 16.5 Å². The van der Waals surface area contributed by atoms with Crippen molar-refractivity contribution in [1.82, 2.24) is 15.6 Å². The summed E-state index contributed by atoms with van der Waals surface area (Å²) in [7, 11) is 1.38. The summed E-state index contributed by atoms with van der Waals surface area (Å²) in [4.78, 5) is 53.5. The zero-order valence-electron chi connectivity index (χ0n) is 21.0. The van der Waals surface area contributed by atoms with Gasteiger partial charge in [-0.25, -0.2) is 4.79 Å². The number of para-hydroxylation sites is 1. The van der Waals surface area contributed by atoms with Crippen molar-refractivity contribution in [2.45, 2.75) is 19.0 Å². The number of H-pyrrole nitrogens is 1. The third-order valence-electron chi connectivity index (χ3n) is 6.03. The zero-order valence-corrected chi connectivity index (χ0v) is 22.5. The first kappa shape index (κ1) is 28.5. The first-order valence-corrected chi connectivity index (χ1v) is 12.6. The van der Waals surface area contributed by atoms with E-state index in [-0.39, 0.29) is 44.9 Å². The molecule has 2 amide bonds. The molecule has 1 unspecified atom stereocenters. The molecule has 4 rings (SSSR count). The van der Waals surface area contributed by atoms with Gasteiger partial charge in [-0.3, -0.25) is 14.4 Å². The molecule has 0 aliphatic rings. The number of ether oxygens (including phenoxy) is 1. The molecule has 3 aromatic carbocycles. The minimum Gasteiger partial charge on any atom is -0.508 e. The van der Waals surface area contributed by atoms with Crippen molar-refractivity contribution < 1.29 is 34.1 Å². The number of Topliss-reactive ketones (excluding diaryl/α,β-unsaturated/α-hetero) is 1. The average Bonchev–Trinajstić information content (AvgIpc) is 3.29. The van der Waals surface area contributed by atoms with Crippen LogP contribution in [0.5, 0.6) is 11.5 Å². The number of ketones is 1. The maximum atomic E-state index is 13.1. The van der Waals surface area contributed by atoms with Crippen molar-refractivity contribution >= 4 is 57.7 Å². The fraction of sp³-hybridized carbons (Fsp3) is 0.143. The topological polar surface area (TPSA) is 158 Å². The Labute approximate surface area is 237 Å². The van der Waals surface area contributed by atoms with E-state index in [1.807, 2.05) is 0 Å². The van der Waals surface area contributed by atoms with E-state index >= 15 is 0 Å². The third-order valence-corrected chi connectivity index (χ3v) is 6.63. The third kappa shape index (κ3) is 6.19. The van der Waals surface area contributed by atoms with E-state index in [1.54, 1.807) is 36.4 Å². The number of amides is 2. The molecule has 0 saturated heterocycles. The highest BCUT2D eigenvalue weighted by atomic mass is 35.5. The summed E-state index contributed by atoms with van der Waals surface area (Å²) in [6.07, 6.45) is -0.661. The maximum Gasteiger partial charge on any atom is 0.326 e. The molecule has 0 aliphatic heterocycles. The lowest BCUT2D eigenvalue weighted by molar-refractivity contribution is -0.139. The number of carboxylic acid groups (broad SMARTS) is 1. The number of carboxylic acids is 1. The van der Waals surface area contributed by atoms with Crippen molar-refractivity contribution in [3.05, 3.63) is 93.1 Å². The van der Waals surface area contributed by atoms with Gasteiger partial charge in [0.1, 0.15) is 17.5 Å². The summed E-state index contributed by atoms with van der Waals surface area (Å²) in [5.41, 5.74) is 1.15. The number of benzene rings is 3. The monoisotopic (exact) mass is 583 g/mol. The van der Waals surface area contributed by atoms with Gasteiger partial charge < -0.3 is 30.6 Å². The van der Waals surface area contributed by atoms with Gasteiger partial charge in [-0.15, -0.1) is 0 Å². The number of carbonyl (C=O) groups is 4. The highest BCUT2D eigenvalue weighted by molar-refractivity contribution is 6.40. The van der Waals surface area contributed by atoms with E-state index < -0.39 is 36.0 Å². The van der Waals surface area contributed by atoms with Crippen molar-refractivity contribution in [3.8, 4) is 11.5 Å². The fourth-order valence-electron chi connectivity index (χ4n) is 4.13. The van der Waals surface area contributed by atoms with Crippen molar-refractivity contribution in [2.75, 3.05) is 7.11 Å². The molecule has 0 spiro atoms. The van der Waals surface area contributed by atoms with Crippen molar-refractivity contribution in [2.24, 2.45) is 0 Å². The second kappa shape index (κ2) is 12.1. The molecule has 1 atom stereocenters. The molecular weight excluding hydrogens is 561 g/mol. The summed E-state index contributed by atoms with van der Waals surface area (Å²) in [6.45, 7) is 0.115. The number of rotatable bonds is 10. The lowest BCUT2D eigenvalue weighted by atomic mass is 10.0. The molecule has 4 aromatic rings. The molecule has 40 heavy (non-hydrogen) atoms. The predicted molar refractivity (Wildman–Crippen MR) is 148 cm³/mol. The second-order valence-electron chi connectivity index (χ2n) is 8.74. The first-order valence-electron chi connectivity index (χ1n) is 11.9. The van der Waals surface area contributed by atoms with Crippen molar-refractivity contribution in [3.63, 3.8) is 0 Å². The Bertz CT molecular complexity index is 1610. The molecule has 10 nitrogen and oxygen atoms in total. The molecule has 1 heterocycles. The molecule has 0 fully saturated rings. The Morgan fingerprint density at radius 2 is 1.68 bits per heavy atom. The first-order chi connectivity index (χ1) is 19.1.